The minimum atomic E-state index is -0.363. The number of alkyl halides is 1. The molecule has 0 bridgehead atoms. The van der Waals surface area contributed by atoms with Crippen LogP contribution in [0.1, 0.15) is 22.3 Å². The van der Waals surface area contributed by atoms with Crippen molar-refractivity contribution in [1.82, 2.24) is 0 Å². The van der Waals surface area contributed by atoms with E-state index >= 15 is 0 Å². The quantitative estimate of drug-likeness (QED) is 0.773. The first-order valence-corrected chi connectivity index (χ1v) is 7.23. The molecule has 2 rings (SSSR count). The molecule has 2 aromatic carbocycles. The lowest BCUT2D eigenvalue weighted by Crippen LogP contribution is -2.02. The summed E-state index contributed by atoms with van der Waals surface area (Å²) in [7, 11) is 0. The molecule has 0 aliphatic heterocycles. The number of nitriles is 1. The topological polar surface area (TPSA) is 33.0 Å². The van der Waals surface area contributed by atoms with Crippen LogP contribution in [0.4, 0.5) is 4.39 Å². The monoisotopic (exact) mass is 333 g/mol. The summed E-state index contributed by atoms with van der Waals surface area (Å²) in [6, 6.07) is 12.1. The molecule has 0 amide bonds. The van der Waals surface area contributed by atoms with Gasteiger partial charge >= 0.3 is 0 Å². The third-order valence-corrected chi connectivity index (χ3v) is 3.59. The number of hydrogen-bond acceptors (Lipinski definition) is 2. The van der Waals surface area contributed by atoms with Crippen LogP contribution in [0.5, 0.6) is 5.75 Å². The standard InChI is InChI=1S/C16H13BrFNO/c1-11-3-2-4-13(8-17)16(11)20-10-14-7-12(9-19)5-6-15(14)18/h2-7H,8,10H2,1H3. The van der Waals surface area contributed by atoms with E-state index in [2.05, 4.69) is 15.9 Å². The number of aryl methyl sites for hydroxylation is 1. The third kappa shape index (κ3) is 3.17. The van der Waals surface area contributed by atoms with E-state index in [0.29, 0.717) is 16.5 Å². The minimum absolute atomic E-state index is 0.103. The van der Waals surface area contributed by atoms with Crippen LogP contribution in [0.15, 0.2) is 36.4 Å². The van der Waals surface area contributed by atoms with Crippen LogP contribution in [-0.2, 0) is 11.9 Å². The van der Waals surface area contributed by atoms with E-state index in [1.165, 1.54) is 18.2 Å². The molecule has 0 unspecified atom stereocenters. The highest BCUT2D eigenvalue weighted by molar-refractivity contribution is 9.08. The first kappa shape index (κ1) is 14.5. The van der Waals surface area contributed by atoms with Crippen LogP contribution in [0.3, 0.4) is 0 Å². The van der Waals surface area contributed by atoms with Crippen LogP contribution < -0.4 is 4.74 Å². The highest BCUT2D eigenvalue weighted by Gasteiger charge is 2.09. The van der Waals surface area contributed by atoms with Gasteiger partial charge in [-0.3, -0.25) is 0 Å². The van der Waals surface area contributed by atoms with E-state index in [9.17, 15) is 4.39 Å². The number of rotatable bonds is 4. The van der Waals surface area contributed by atoms with Gasteiger partial charge in [0.05, 0.1) is 11.6 Å². The van der Waals surface area contributed by atoms with Gasteiger partial charge in [0.15, 0.2) is 0 Å². The summed E-state index contributed by atoms with van der Waals surface area (Å²) in [6.45, 7) is 2.05. The van der Waals surface area contributed by atoms with Gasteiger partial charge in [-0.25, -0.2) is 4.39 Å². The Balaban J connectivity index is 2.23. The Morgan fingerprint density at radius 2 is 2.05 bits per heavy atom. The Bertz CT molecular complexity index is 664. The molecule has 2 nitrogen and oxygen atoms in total. The van der Waals surface area contributed by atoms with Crippen molar-refractivity contribution in [2.75, 3.05) is 0 Å². The van der Waals surface area contributed by atoms with Gasteiger partial charge in [-0.2, -0.15) is 5.26 Å². The van der Waals surface area contributed by atoms with Crippen molar-refractivity contribution in [2.45, 2.75) is 18.9 Å². The lowest BCUT2D eigenvalue weighted by atomic mass is 10.1. The largest absolute Gasteiger partial charge is 0.488 e. The van der Waals surface area contributed by atoms with E-state index in [1.54, 1.807) is 0 Å². The molecular weight excluding hydrogens is 321 g/mol. The molecule has 0 heterocycles. The number of nitrogens with zero attached hydrogens (tertiary/aromatic N) is 1. The lowest BCUT2D eigenvalue weighted by Gasteiger charge is -2.13. The normalized spacial score (nSPS) is 10.1. The fourth-order valence-electron chi connectivity index (χ4n) is 1.93. The van der Waals surface area contributed by atoms with Gasteiger partial charge in [-0.15, -0.1) is 0 Å². The van der Waals surface area contributed by atoms with E-state index < -0.39 is 0 Å². The molecule has 20 heavy (non-hydrogen) atoms. The molecule has 0 aromatic heterocycles. The van der Waals surface area contributed by atoms with Crippen LogP contribution in [0.2, 0.25) is 0 Å². The smallest absolute Gasteiger partial charge is 0.129 e. The number of para-hydroxylation sites is 1. The molecule has 0 atom stereocenters. The fourth-order valence-corrected chi connectivity index (χ4v) is 2.37. The molecule has 0 aliphatic rings. The van der Waals surface area contributed by atoms with E-state index in [1.807, 2.05) is 31.2 Å². The number of hydrogen-bond donors (Lipinski definition) is 0. The summed E-state index contributed by atoms with van der Waals surface area (Å²) >= 11 is 3.41. The van der Waals surface area contributed by atoms with Crippen LogP contribution in [0.25, 0.3) is 0 Å². The van der Waals surface area contributed by atoms with Gasteiger partial charge in [-0.05, 0) is 30.7 Å². The Hall–Kier alpha value is -1.86. The first-order chi connectivity index (χ1) is 9.65. The second-order valence-electron chi connectivity index (χ2n) is 4.40. The third-order valence-electron chi connectivity index (χ3n) is 2.98. The summed E-state index contributed by atoms with van der Waals surface area (Å²) in [5.41, 5.74) is 2.82. The minimum Gasteiger partial charge on any atom is -0.488 e. The van der Waals surface area contributed by atoms with Gasteiger partial charge in [0.2, 0.25) is 0 Å². The van der Waals surface area contributed by atoms with Gasteiger partial charge < -0.3 is 4.74 Å². The second-order valence-corrected chi connectivity index (χ2v) is 4.96. The maximum atomic E-state index is 13.7. The molecule has 0 saturated carbocycles. The van der Waals surface area contributed by atoms with Crippen LogP contribution in [-0.4, -0.2) is 0 Å². The zero-order valence-electron chi connectivity index (χ0n) is 11.0. The lowest BCUT2D eigenvalue weighted by molar-refractivity contribution is 0.295. The van der Waals surface area contributed by atoms with E-state index in [4.69, 9.17) is 10.00 Å². The van der Waals surface area contributed by atoms with Crippen LogP contribution in [0, 0.1) is 24.1 Å². The highest BCUT2D eigenvalue weighted by atomic mass is 79.9. The maximum absolute atomic E-state index is 13.7. The van der Waals surface area contributed by atoms with Gasteiger partial charge in [0.25, 0.3) is 0 Å². The number of halogens is 2. The molecule has 0 aliphatic carbocycles. The van der Waals surface area contributed by atoms with Crippen molar-refractivity contribution >= 4 is 15.9 Å². The average molecular weight is 334 g/mol. The number of benzene rings is 2. The van der Waals surface area contributed by atoms with Gasteiger partial charge in [-0.1, -0.05) is 34.1 Å². The average Bonchev–Trinajstić information content (AvgIpc) is 2.47. The zero-order valence-corrected chi connectivity index (χ0v) is 12.6. The molecule has 0 spiro atoms. The first-order valence-electron chi connectivity index (χ1n) is 6.11. The molecule has 0 N–H and O–H groups in total. The fraction of sp³-hybridized carbons (Fsp3) is 0.188. The van der Waals surface area contributed by atoms with Crippen molar-refractivity contribution in [1.29, 1.82) is 5.26 Å². The predicted molar refractivity (Wildman–Crippen MR) is 79.3 cm³/mol. The van der Waals surface area contributed by atoms with Crippen LogP contribution >= 0.6 is 15.9 Å². The molecule has 102 valence electrons. The SMILES string of the molecule is Cc1cccc(CBr)c1OCc1cc(C#N)ccc1F. The Morgan fingerprint density at radius 3 is 2.75 bits per heavy atom. The van der Waals surface area contributed by atoms with Gasteiger partial charge in [0, 0.05) is 16.5 Å². The van der Waals surface area contributed by atoms with E-state index in [-0.39, 0.29) is 12.4 Å². The second kappa shape index (κ2) is 6.53. The summed E-state index contributed by atoms with van der Waals surface area (Å²) in [6.07, 6.45) is 0. The molecule has 2 aromatic rings. The van der Waals surface area contributed by atoms with Crippen molar-refractivity contribution in [3.63, 3.8) is 0 Å². The van der Waals surface area contributed by atoms with E-state index in [0.717, 1.165) is 16.9 Å². The van der Waals surface area contributed by atoms with Crippen molar-refractivity contribution in [3.8, 4) is 11.8 Å². The van der Waals surface area contributed by atoms with Gasteiger partial charge in [0.1, 0.15) is 18.2 Å². The summed E-state index contributed by atoms with van der Waals surface area (Å²) in [5, 5.41) is 9.52. The maximum Gasteiger partial charge on any atom is 0.129 e. The molecular formula is C16H13BrFNO. The summed E-state index contributed by atoms with van der Waals surface area (Å²) < 4.78 is 19.4. The molecule has 0 radical (unpaired) electrons. The number of ether oxygens (including phenoxy) is 1. The Labute approximate surface area is 125 Å². The zero-order chi connectivity index (χ0) is 14.5. The molecule has 0 fully saturated rings. The highest BCUT2D eigenvalue weighted by Crippen LogP contribution is 2.26. The molecule has 0 saturated heterocycles. The summed E-state index contributed by atoms with van der Waals surface area (Å²) in [4.78, 5) is 0. The molecule has 4 heteroatoms. The summed E-state index contributed by atoms with van der Waals surface area (Å²) in [5.74, 6) is 0.393. The predicted octanol–water partition coefficient (Wildman–Crippen LogP) is 4.48. The van der Waals surface area contributed by atoms with Crippen molar-refractivity contribution < 1.29 is 9.13 Å². The Morgan fingerprint density at radius 1 is 1.25 bits per heavy atom. The van der Waals surface area contributed by atoms with Crippen molar-refractivity contribution in [3.05, 3.63) is 64.5 Å². The van der Waals surface area contributed by atoms with Crippen molar-refractivity contribution in [2.24, 2.45) is 0 Å². The Kier molecular flexibility index (Phi) is 4.75.